The van der Waals surface area contributed by atoms with E-state index in [0.717, 1.165) is 5.56 Å². The van der Waals surface area contributed by atoms with E-state index in [4.69, 9.17) is 0 Å². The fraction of sp³-hybridized carbons (Fsp3) is 0.214. The standard InChI is InChI=1S/C14H16N2O2/c1-10(11-5-7-15-8-6-11)16-9-12-3-2-4-13(17)14(12)18/h2-8,10,16-18H,9H2,1H3/t10-/m1/s1. The third kappa shape index (κ3) is 2.78. The molecule has 0 unspecified atom stereocenters. The van der Waals surface area contributed by atoms with Gasteiger partial charge in [-0.3, -0.25) is 4.98 Å². The molecule has 2 aromatic rings. The molecule has 0 spiro atoms. The lowest BCUT2D eigenvalue weighted by Crippen LogP contribution is -2.18. The van der Waals surface area contributed by atoms with Gasteiger partial charge in [0, 0.05) is 30.5 Å². The van der Waals surface area contributed by atoms with Crippen molar-refractivity contribution in [2.24, 2.45) is 0 Å². The fourth-order valence-corrected chi connectivity index (χ4v) is 1.75. The summed E-state index contributed by atoms with van der Waals surface area (Å²) in [6, 6.07) is 8.99. The van der Waals surface area contributed by atoms with Gasteiger partial charge in [0.2, 0.25) is 0 Å². The van der Waals surface area contributed by atoms with Crippen molar-refractivity contribution >= 4 is 0 Å². The van der Waals surface area contributed by atoms with E-state index in [1.807, 2.05) is 19.1 Å². The van der Waals surface area contributed by atoms with Crippen molar-refractivity contribution in [1.29, 1.82) is 0 Å². The van der Waals surface area contributed by atoms with Gasteiger partial charge in [0.15, 0.2) is 11.5 Å². The number of phenols is 2. The van der Waals surface area contributed by atoms with Crippen molar-refractivity contribution in [3.05, 3.63) is 53.9 Å². The first kappa shape index (κ1) is 12.4. The zero-order valence-electron chi connectivity index (χ0n) is 10.2. The third-order valence-corrected chi connectivity index (χ3v) is 2.90. The Morgan fingerprint density at radius 2 is 1.89 bits per heavy atom. The van der Waals surface area contributed by atoms with Crippen molar-refractivity contribution in [1.82, 2.24) is 10.3 Å². The van der Waals surface area contributed by atoms with Gasteiger partial charge in [-0.05, 0) is 30.7 Å². The maximum absolute atomic E-state index is 9.68. The van der Waals surface area contributed by atoms with E-state index in [1.54, 1.807) is 24.5 Å². The molecule has 0 saturated heterocycles. The molecule has 0 amide bonds. The minimum atomic E-state index is -0.0918. The molecule has 0 aliphatic rings. The van der Waals surface area contributed by atoms with Gasteiger partial charge in [-0.25, -0.2) is 0 Å². The van der Waals surface area contributed by atoms with Crippen LogP contribution in [0, 0.1) is 0 Å². The maximum Gasteiger partial charge on any atom is 0.161 e. The summed E-state index contributed by atoms with van der Waals surface area (Å²) in [6.45, 7) is 2.53. The summed E-state index contributed by atoms with van der Waals surface area (Å²) in [5, 5.41) is 22.4. The second-order valence-corrected chi connectivity index (χ2v) is 4.17. The Bertz CT molecular complexity index is 514. The predicted molar refractivity (Wildman–Crippen MR) is 69.3 cm³/mol. The van der Waals surface area contributed by atoms with Gasteiger partial charge in [0.05, 0.1) is 0 Å². The Labute approximate surface area is 106 Å². The Morgan fingerprint density at radius 1 is 1.17 bits per heavy atom. The SMILES string of the molecule is C[C@@H](NCc1cccc(O)c1O)c1ccncc1. The van der Waals surface area contributed by atoms with Crippen LogP contribution in [0.15, 0.2) is 42.7 Å². The van der Waals surface area contributed by atoms with Gasteiger partial charge in [-0.2, -0.15) is 0 Å². The largest absolute Gasteiger partial charge is 0.504 e. The van der Waals surface area contributed by atoms with Gasteiger partial charge < -0.3 is 15.5 Å². The highest BCUT2D eigenvalue weighted by molar-refractivity contribution is 5.44. The molecule has 1 aromatic carbocycles. The van der Waals surface area contributed by atoms with Crippen molar-refractivity contribution in [2.75, 3.05) is 0 Å². The minimum Gasteiger partial charge on any atom is -0.504 e. The van der Waals surface area contributed by atoms with Gasteiger partial charge in [0.25, 0.3) is 0 Å². The number of nitrogens with one attached hydrogen (secondary N) is 1. The average Bonchev–Trinajstić information content (AvgIpc) is 2.41. The van der Waals surface area contributed by atoms with Gasteiger partial charge >= 0.3 is 0 Å². The Morgan fingerprint density at radius 3 is 2.61 bits per heavy atom. The summed E-state index contributed by atoms with van der Waals surface area (Å²) < 4.78 is 0. The van der Waals surface area contributed by atoms with Crippen LogP contribution in [0.2, 0.25) is 0 Å². The molecule has 1 atom stereocenters. The van der Waals surface area contributed by atoms with Gasteiger partial charge in [-0.15, -0.1) is 0 Å². The van der Waals surface area contributed by atoms with Crippen molar-refractivity contribution in [2.45, 2.75) is 19.5 Å². The number of benzene rings is 1. The van der Waals surface area contributed by atoms with Crippen LogP contribution in [-0.4, -0.2) is 15.2 Å². The summed E-state index contributed by atoms with van der Waals surface area (Å²) >= 11 is 0. The van der Waals surface area contributed by atoms with Crippen molar-refractivity contribution in [3.63, 3.8) is 0 Å². The maximum atomic E-state index is 9.68. The summed E-state index contributed by atoms with van der Waals surface area (Å²) in [5.41, 5.74) is 1.81. The molecular weight excluding hydrogens is 228 g/mol. The lowest BCUT2D eigenvalue weighted by Gasteiger charge is -2.14. The van der Waals surface area contributed by atoms with E-state index in [1.165, 1.54) is 6.07 Å². The number of pyridine rings is 1. The highest BCUT2D eigenvalue weighted by Gasteiger charge is 2.08. The second kappa shape index (κ2) is 5.51. The molecular formula is C14H16N2O2. The van der Waals surface area contributed by atoms with E-state index in [0.29, 0.717) is 12.1 Å². The third-order valence-electron chi connectivity index (χ3n) is 2.90. The number of hydrogen-bond acceptors (Lipinski definition) is 4. The molecule has 1 aromatic heterocycles. The molecule has 0 bridgehead atoms. The van der Waals surface area contributed by atoms with E-state index in [9.17, 15) is 10.2 Å². The van der Waals surface area contributed by atoms with E-state index < -0.39 is 0 Å². The van der Waals surface area contributed by atoms with Crippen LogP contribution < -0.4 is 5.32 Å². The summed E-state index contributed by atoms with van der Waals surface area (Å²) in [4.78, 5) is 3.97. The first-order valence-electron chi connectivity index (χ1n) is 5.81. The van der Waals surface area contributed by atoms with Crippen molar-refractivity contribution < 1.29 is 10.2 Å². The van der Waals surface area contributed by atoms with Crippen LogP contribution in [-0.2, 0) is 6.54 Å². The van der Waals surface area contributed by atoms with Crippen molar-refractivity contribution in [3.8, 4) is 11.5 Å². The summed E-state index contributed by atoms with van der Waals surface area (Å²) in [7, 11) is 0. The normalized spacial score (nSPS) is 12.3. The van der Waals surface area contributed by atoms with Crippen LogP contribution >= 0.6 is 0 Å². The monoisotopic (exact) mass is 244 g/mol. The van der Waals surface area contributed by atoms with E-state index in [-0.39, 0.29) is 17.5 Å². The Balaban J connectivity index is 2.02. The number of phenolic OH excluding ortho intramolecular Hbond substituents is 2. The van der Waals surface area contributed by atoms with Gasteiger partial charge in [-0.1, -0.05) is 12.1 Å². The van der Waals surface area contributed by atoms with Crippen LogP contribution in [0.1, 0.15) is 24.1 Å². The average molecular weight is 244 g/mol. The second-order valence-electron chi connectivity index (χ2n) is 4.17. The van der Waals surface area contributed by atoms with Crippen LogP contribution in [0.3, 0.4) is 0 Å². The van der Waals surface area contributed by atoms with Gasteiger partial charge in [0.1, 0.15) is 0 Å². The first-order valence-corrected chi connectivity index (χ1v) is 5.81. The minimum absolute atomic E-state index is 0.0630. The number of rotatable bonds is 4. The zero-order valence-corrected chi connectivity index (χ0v) is 10.2. The number of hydrogen-bond donors (Lipinski definition) is 3. The molecule has 0 saturated carbocycles. The highest BCUT2D eigenvalue weighted by atomic mass is 16.3. The lowest BCUT2D eigenvalue weighted by atomic mass is 10.1. The molecule has 18 heavy (non-hydrogen) atoms. The quantitative estimate of drug-likeness (QED) is 0.722. The number of aromatic nitrogens is 1. The molecule has 2 rings (SSSR count). The highest BCUT2D eigenvalue weighted by Crippen LogP contribution is 2.28. The molecule has 0 aliphatic heterocycles. The number of para-hydroxylation sites is 1. The molecule has 0 radical (unpaired) electrons. The van der Waals surface area contributed by atoms with Crippen LogP contribution in [0.25, 0.3) is 0 Å². The van der Waals surface area contributed by atoms with Crippen LogP contribution in [0.5, 0.6) is 11.5 Å². The first-order chi connectivity index (χ1) is 8.68. The van der Waals surface area contributed by atoms with Crippen LogP contribution in [0.4, 0.5) is 0 Å². The summed E-state index contributed by atoms with van der Waals surface area (Å²) in [5.74, 6) is -0.155. The summed E-state index contributed by atoms with van der Waals surface area (Å²) in [6.07, 6.45) is 3.50. The fourth-order valence-electron chi connectivity index (χ4n) is 1.75. The number of nitrogens with zero attached hydrogens (tertiary/aromatic N) is 1. The molecule has 0 fully saturated rings. The topological polar surface area (TPSA) is 65.4 Å². The van der Waals surface area contributed by atoms with E-state index >= 15 is 0 Å². The lowest BCUT2D eigenvalue weighted by molar-refractivity contribution is 0.396. The molecule has 4 heteroatoms. The Hall–Kier alpha value is -2.07. The zero-order chi connectivity index (χ0) is 13.0. The number of aromatic hydroxyl groups is 2. The Kier molecular flexibility index (Phi) is 3.79. The van der Waals surface area contributed by atoms with E-state index in [2.05, 4.69) is 10.3 Å². The molecule has 94 valence electrons. The molecule has 1 heterocycles. The smallest absolute Gasteiger partial charge is 0.161 e. The molecule has 0 aliphatic carbocycles. The molecule has 3 N–H and O–H groups in total. The predicted octanol–water partition coefficient (Wildman–Crippen LogP) is 2.34. The molecule has 4 nitrogen and oxygen atoms in total.